The summed E-state index contributed by atoms with van der Waals surface area (Å²) in [6.45, 7) is 11.8. The van der Waals surface area contributed by atoms with E-state index in [4.69, 9.17) is 4.74 Å². The number of carbonyl (C=O) groups excluding carboxylic acids is 1. The molecule has 1 fully saturated rings. The summed E-state index contributed by atoms with van der Waals surface area (Å²) in [5.74, 6) is 0.590. The molecule has 18 heavy (non-hydrogen) atoms. The third kappa shape index (κ3) is 5.25. The summed E-state index contributed by atoms with van der Waals surface area (Å²) in [5.41, 5.74) is -0.420. The van der Waals surface area contributed by atoms with Gasteiger partial charge in [0.25, 0.3) is 0 Å². The second-order valence-electron chi connectivity index (χ2n) is 6.49. The van der Waals surface area contributed by atoms with Crippen LogP contribution in [-0.4, -0.2) is 35.8 Å². The molecular weight excluding hydrogens is 228 g/mol. The monoisotopic (exact) mass is 256 g/mol. The maximum Gasteiger partial charge on any atom is 0.411 e. The zero-order valence-corrected chi connectivity index (χ0v) is 12.5. The molecule has 1 unspecified atom stereocenters. The smallest absolute Gasteiger partial charge is 0.411 e. The van der Waals surface area contributed by atoms with Crippen LogP contribution < -0.4 is 5.32 Å². The fourth-order valence-electron chi connectivity index (χ4n) is 2.05. The molecule has 1 rings (SSSR count). The van der Waals surface area contributed by atoms with Gasteiger partial charge in [0, 0.05) is 6.54 Å². The lowest BCUT2D eigenvalue weighted by Crippen LogP contribution is -2.53. The quantitative estimate of drug-likeness (QED) is 0.844. The van der Waals surface area contributed by atoms with Gasteiger partial charge in [-0.05, 0) is 52.5 Å². The Bertz CT molecular complexity index is 271. The number of nitrogens with zero attached hydrogens (tertiary/aromatic N) is 1. The molecule has 1 aliphatic heterocycles. The number of hydrogen-bond donors (Lipinski definition) is 1. The van der Waals surface area contributed by atoms with Gasteiger partial charge in [-0.25, -0.2) is 4.79 Å². The van der Waals surface area contributed by atoms with Gasteiger partial charge in [-0.2, -0.15) is 0 Å². The van der Waals surface area contributed by atoms with Gasteiger partial charge in [-0.1, -0.05) is 13.8 Å². The molecule has 1 saturated heterocycles. The Morgan fingerprint density at radius 2 is 2.06 bits per heavy atom. The summed E-state index contributed by atoms with van der Waals surface area (Å²) in [6, 6.07) is 0. The van der Waals surface area contributed by atoms with Gasteiger partial charge in [0.2, 0.25) is 0 Å². The molecular formula is C14H28N2O2. The molecule has 1 N–H and O–H groups in total. The number of hydrogen-bond acceptors (Lipinski definition) is 3. The minimum atomic E-state index is -0.420. The third-order valence-corrected chi connectivity index (χ3v) is 2.89. The molecule has 4 heteroatoms. The van der Waals surface area contributed by atoms with E-state index in [9.17, 15) is 4.79 Å². The highest BCUT2D eigenvalue weighted by Crippen LogP contribution is 2.19. The van der Waals surface area contributed by atoms with Crippen molar-refractivity contribution in [1.82, 2.24) is 10.2 Å². The largest absolute Gasteiger partial charge is 0.444 e. The number of ether oxygens (including phenoxy) is 1. The number of piperidine rings is 1. The molecule has 0 aliphatic carbocycles. The number of likely N-dealkylation sites (tertiary alicyclic amines) is 1. The van der Waals surface area contributed by atoms with Crippen molar-refractivity contribution in [2.45, 2.75) is 65.6 Å². The highest BCUT2D eigenvalue weighted by molar-refractivity contribution is 5.68. The molecule has 106 valence electrons. The first kappa shape index (κ1) is 15.3. The molecule has 1 heterocycles. The van der Waals surface area contributed by atoms with Crippen LogP contribution in [0.25, 0.3) is 0 Å². The van der Waals surface area contributed by atoms with Crippen LogP contribution >= 0.6 is 0 Å². The molecule has 0 bridgehead atoms. The van der Waals surface area contributed by atoms with E-state index in [1.54, 1.807) is 0 Å². The molecule has 1 atom stereocenters. The molecule has 0 aromatic heterocycles. The van der Waals surface area contributed by atoms with Crippen molar-refractivity contribution in [3.63, 3.8) is 0 Å². The minimum Gasteiger partial charge on any atom is -0.444 e. The van der Waals surface area contributed by atoms with E-state index in [0.717, 1.165) is 25.9 Å². The van der Waals surface area contributed by atoms with Gasteiger partial charge in [0.05, 0.1) is 6.17 Å². The van der Waals surface area contributed by atoms with E-state index >= 15 is 0 Å². The van der Waals surface area contributed by atoms with Crippen molar-refractivity contribution < 1.29 is 9.53 Å². The van der Waals surface area contributed by atoms with Crippen molar-refractivity contribution in [2.24, 2.45) is 5.92 Å². The maximum atomic E-state index is 12.1. The van der Waals surface area contributed by atoms with E-state index in [1.165, 1.54) is 6.42 Å². The minimum absolute atomic E-state index is 0.135. The van der Waals surface area contributed by atoms with E-state index < -0.39 is 5.60 Å². The summed E-state index contributed by atoms with van der Waals surface area (Å²) < 4.78 is 5.46. The lowest BCUT2D eigenvalue weighted by Gasteiger charge is -2.37. The zero-order chi connectivity index (χ0) is 13.8. The maximum absolute atomic E-state index is 12.1. The number of carbonyl (C=O) groups is 1. The molecule has 0 radical (unpaired) electrons. The van der Waals surface area contributed by atoms with E-state index in [-0.39, 0.29) is 12.3 Å². The Morgan fingerprint density at radius 3 is 2.61 bits per heavy atom. The summed E-state index contributed by atoms with van der Waals surface area (Å²) in [4.78, 5) is 14.0. The van der Waals surface area contributed by atoms with Crippen molar-refractivity contribution >= 4 is 6.09 Å². The molecule has 0 saturated carbocycles. The first-order valence-electron chi connectivity index (χ1n) is 7.02. The van der Waals surface area contributed by atoms with Gasteiger partial charge in [0.15, 0.2) is 0 Å². The van der Waals surface area contributed by atoms with Crippen LogP contribution in [0.4, 0.5) is 4.79 Å². The van der Waals surface area contributed by atoms with Crippen LogP contribution in [0.15, 0.2) is 0 Å². The SMILES string of the molecule is CC(C)CNC1CCCCN1C(=O)OC(C)(C)C. The van der Waals surface area contributed by atoms with Gasteiger partial charge in [-0.15, -0.1) is 0 Å². The summed E-state index contributed by atoms with van der Waals surface area (Å²) in [5, 5.41) is 3.46. The second kappa shape index (κ2) is 6.41. The molecule has 4 nitrogen and oxygen atoms in total. The van der Waals surface area contributed by atoms with Gasteiger partial charge in [0.1, 0.15) is 5.60 Å². The standard InChI is InChI=1S/C14H28N2O2/c1-11(2)10-15-12-8-6-7-9-16(12)13(17)18-14(3,4)5/h11-12,15H,6-10H2,1-5H3. The average molecular weight is 256 g/mol. The fourth-order valence-corrected chi connectivity index (χ4v) is 2.05. The van der Waals surface area contributed by atoms with Crippen LogP contribution in [0.1, 0.15) is 53.9 Å². The number of nitrogens with one attached hydrogen (secondary N) is 1. The van der Waals surface area contributed by atoms with Crippen LogP contribution in [0.5, 0.6) is 0 Å². The van der Waals surface area contributed by atoms with Crippen LogP contribution in [0, 0.1) is 5.92 Å². The number of rotatable bonds is 3. The second-order valence-corrected chi connectivity index (χ2v) is 6.49. The van der Waals surface area contributed by atoms with Crippen molar-refractivity contribution in [3.8, 4) is 0 Å². The van der Waals surface area contributed by atoms with E-state index in [1.807, 2.05) is 25.7 Å². The predicted octanol–water partition coefficient (Wildman–Crippen LogP) is 2.98. The Labute approximate surface area is 111 Å². The van der Waals surface area contributed by atoms with Gasteiger partial charge < -0.3 is 4.74 Å². The van der Waals surface area contributed by atoms with E-state index in [2.05, 4.69) is 19.2 Å². The van der Waals surface area contributed by atoms with Crippen LogP contribution in [0.3, 0.4) is 0 Å². The molecule has 1 aliphatic rings. The zero-order valence-electron chi connectivity index (χ0n) is 12.5. The Hall–Kier alpha value is -0.770. The molecule has 0 spiro atoms. The van der Waals surface area contributed by atoms with E-state index in [0.29, 0.717) is 5.92 Å². The van der Waals surface area contributed by atoms with Gasteiger partial charge in [-0.3, -0.25) is 10.2 Å². The van der Waals surface area contributed by atoms with Crippen LogP contribution in [-0.2, 0) is 4.74 Å². The highest BCUT2D eigenvalue weighted by Gasteiger charge is 2.30. The number of amides is 1. The summed E-state index contributed by atoms with van der Waals surface area (Å²) in [6.07, 6.45) is 3.21. The normalized spacial score (nSPS) is 21.2. The molecule has 1 amide bonds. The lowest BCUT2D eigenvalue weighted by molar-refractivity contribution is 0.00503. The Morgan fingerprint density at radius 1 is 1.39 bits per heavy atom. The molecule has 0 aromatic rings. The molecule has 0 aromatic carbocycles. The first-order valence-corrected chi connectivity index (χ1v) is 7.02. The van der Waals surface area contributed by atoms with Crippen molar-refractivity contribution in [3.05, 3.63) is 0 Å². The third-order valence-electron chi connectivity index (χ3n) is 2.89. The van der Waals surface area contributed by atoms with Gasteiger partial charge >= 0.3 is 6.09 Å². The van der Waals surface area contributed by atoms with Crippen LogP contribution in [0.2, 0.25) is 0 Å². The first-order chi connectivity index (χ1) is 8.29. The Balaban J connectivity index is 2.55. The average Bonchev–Trinajstić information content (AvgIpc) is 2.24. The Kier molecular flexibility index (Phi) is 5.45. The van der Waals surface area contributed by atoms with Crippen molar-refractivity contribution in [1.29, 1.82) is 0 Å². The topological polar surface area (TPSA) is 41.6 Å². The lowest BCUT2D eigenvalue weighted by atomic mass is 10.1. The fraction of sp³-hybridized carbons (Fsp3) is 0.929. The van der Waals surface area contributed by atoms with Crippen molar-refractivity contribution in [2.75, 3.05) is 13.1 Å². The highest BCUT2D eigenvalue weighted by atomic mass is 16.6. The predicted molar refractivity (Wildman–Crippen MR) is 73.4 cm³/mol. The summed E-state index contributed by atoms with van der Waals surface area (Å²) >= 11 is 0. The summed E-state index contributed by atoms with van der Waals surface area (Å²) in [7, 11) is 0.